The van der Waals surface area contributed by atoms with Crippen LogP contribution >= 0.6 is 11.6 Å². The van der Waals surface area contributed by atoms with Gasteiger partial charge < -0.3 is 20.1 Å². The number of benzene rings is 2. The summed E-state index contributed by atoms with van der Waals surface area (Å²) in [7, 11) is 2.85. The maximum Gasteiger partial charge on any atom is 0.337 e. The number of ether oxygens (including phenoxy) is 2. The molecule has 2 aromatic carbocycles. The molecule has 0 radical (unpaired) electrons. The molecule has 7 heteroatoms. The van der Waals surface area contributed by atoms with Gasteiger partial charge in [0.25, 0.3) is 0 Å². The number of hydrogen-bond acceptors (Lipinski definition) is 5. The highest BCUT2D eigenvalue weighted by molar-refractivity contribution is 6.32. The lowest BCUT2D eigenvalue weighted by atomic mass is 10.2. The fourth-order valence-corrected chi connectivity index (χ4v) is 2.23. The largest absolute Gasteiger partial charge is 0.495 e. The van der Waals surface area contributed by atoms with Gasteiger partial charge in [0, 0.05) is 11.4 Å². The molecule has 0 aliphatic carbocycles. The van der Waals surface area contributed by atoms with E-state index in [4.69, 9.17) is 16.3 Å². The Morgan fingerprint density at radius 2 is 1.71 bits per heavy atom. The van der Waals surface area contributed by atoms with Crippen molar-refractivity contribution in [2.75, 3.05) is 31.4 Å². The van der Waals surface area contributed by atoms with E-state index in [2.05, 4.69) is 15.4 Å². The Balaban J connectivity index is 1.89. The zero-order chi connectivity index (χ0) is 17.5. The summed E-state index contributed by atoms with van der Waals surface area (Å²) in [6, 6.07) is 11.6. The van der Waals surface area contributed by atoms with E-state index in [0.717, 1.165) is 0 Å². The molecule has 0 bridgehead atoms. The van der Waals surface area contributed by atoms with Crippen molar-refractivity contribution in [3.63, 3.8) is 0 Å². The van der Waals surface area contributed by atoms with Gasteiger partial charge in [-0.2, -0.15) is 0 Å². The fraction of sp³-hybridized carbons (Fsp3) is 0.176. The van der Waals surface area contributed by atoms with Crippen molar-refractivity contribution < 1.29 is 19.1 Å². The van der Waals surface area contributed by atoms with Crippen LogP contribution in [-0.4, -0.2) is 32.6 Å². The third-order valence-corrected chi connectivity index (χ3v) is 3.49. The van der Waals surface area contributed by atoms with Crippen LogP contribution in [0.1, 0.15) is 10.4 Å². The number of hydrogen-bond donors (Lipinski definition) is 2. The Labute approximate surface area is 144 Å². The van der Waals surface area contributed by atoms with Gasteiger partial charge >= 0.3 is 5.97 Å². The van der Waals surface area contributed by atoms with Gasteiger partial charge in [-0.1, -0.05) is 11.6 Å². The molecule has 2 rings (SSSR count). The van der Waals surface area contributed by atoms with Crippen molar-refractivity contribution in [1.29, 1.82) is 0 Å². The van der Waals surface area contributed by atoms with E-state index in [-0.39, 0.29) is 12.5 Å². The molecule has 2 aromatic rings. The van der Waals surface area contributed by atoms with Gasteiger partial charge in [-0.3, -0.25) is 4.79 Å². The molecular weight excluding hydrogens is 332 g/mol. The SMILES string of the molecule is COC(=O)c1ccc(NC(=O)CNc2ccc(OC)c(Cl)c2)cc1. The van der Waals surface area contributed by atoms with Crippen LogP contribution in [0.2, 0.25) is 5.02 Å². The Hall–Kier alpha value is -2.73. The highest BCUT2D eigenvalue weighted by Gasteiger charge is 2.07. The van der Waals surface area contributed by atoms with Gasteiger partial charge in [-0.05, 0) is 42.5 Å². The van der Waals surface area contributed by atoms with Crippen LogP contribution in [0, 0.1) is 0 Å². The first-order valence-electron chi connectivity index (χ1n) is 7.09. The molecule has 0 unspecified atom stereocenters. The van der Waals surface area contributed by atoms with E-state index in [1.54, 1.807) is 42.5 Å². The van der Waals surface area contributed by atoms with Crippen molar-refractivity contribution >= 4 is 34.9 Å². The first-order chi connectivity index (χ1) is 11.5. The summed E-state index contributed by atoms with van der Waals surface area (Å²) >= 11 is 6.02. The van der Waals surface area contributed by atoms with Gasteiger partial charge in [-0.15, -0.1) is 0 Å². The number of carbonyl (C=O) groups excluding carboxylic acids is 2. The summed E-state index contributed by atoms with van der Waals surface area (Å²) in [6.45, 7) is 0.0708. The average molecular weight is 349 g/mol. The lowest BCUT2D eigenvalue weighted by Gasteiger charge is -2.10. The molecule has 24 heavy (non-hydrogen) atoms. The number of methoxy groups -OCH3 is 2. The average Bonchev–Trinajstić information content (AvgIpc) is 2.60. The molecule has 2 N–H and O–H groups in total. The summed E-state index contributed by atoms with van der Waals surface area (Å²) in [5.74, 6) is -0.0870. The van der Waals surface area contributed by atoms with Crippen molar-refractivity contribution in [2.45, 2.75) is 0 Å². The fourth-order valence-electron chi connectivity index (χ4n) is 1.97. The standard InChI is InChI=1S/C17H17ClN2O4/c1-23-15-8-7-13(9-14(15)18)19-10-16(21)20-12-5-3-11(4-6-12)17(22)24-2/h3-9,19H,10H2,1-2H3,(H,20,21). The summed E-state index contributed by atoms with van der Waals surface area (Å²) in [5, 5.41) is 6.15. The Morgan fingerprint density at radius 1 is 1.04 bits per heavy atom. The molecule has 126 valence electrons. The minimum absolute atomic E-state index is 0.0708. The first-order valence-corrected chi connectivity index (χ1v) is 7.47. The maximum absolute atomic E-state index is 11.9. The topological polar surface area (TPSA) is 76.7 Å². The zero-order valence-electron chi connectivity index (χ0n) is 13.3. The molecule has 6 nitrogen and oxygen atoms in total. The Morgan fingerprint density at radius 3 is 2.29 bits per heavy atom. The highest BCUT2D eigenvalue weighted by Crippen LogP contribution is 2.27. The van der Waals surface area contributed by atoms with Crippen LogP contribution in [0.3, 0.4) is 0 Å². The van der Waals surface area contributed by atoms with E-state index in [0.29, 0.717) is 27.7 Å². The monoisotopic (exact) mass is 348 g/mol. The first kappa shape index (κ1) is 17.6. The molecule has 0 aliphatic heterocycles. The molecule has 0 saturated heterocycles. The number of halogens is 1. The van der Waals surface area contributed by atoms with Gasteiger partial charge in [0.2, 0.25) is 5.91 Å². The number of rotatable bonds is 6. The minimum Gasteiger partial charge on any atom is -0.495 e. The summed E-state index contributed by atoms with van der Waals surface area (Å²) < 4.78 is 9.68. The number of anilines is 2. The molecule has 0 spiro atoms. The maximum atomic E-state index is 11.9. The van der Waals surface area contributed by atoms with Gasteiger partial charge in [0.1, 0.15) is 5.75 Å². The van der Waals surface area contributed by atoms with Crippen LogP contribution in [0.25, 0.3) is 0 Å². The quantitative estimate of drug-likeness (QED) is 0.784. The van der Waals surface area contributed by atoms with Gasteiger partial charge in [0.05, 0.1) is 31.4 Å². The third-order valence-electron chi connectivity index (χ3n) is 3.19. The smallest absolute Gasteiger partial charge is 0.337 e. The number of esters is 1. The molecule has 0 fully saturated rings. The molecule has 0 atom stereocenters. The highest BCUT2D eigenvalue weighted by atomic mass is 35.5. The number of carbonyl (C=O) groups is 2. The van der Waals surface area contributed by atoms with E-state index < -0.39 is 5.97 Å². The molecular formula is C17H17ClN2O4. The van der Waals surface area contributed by atoms with Gasteiger partial charge in [0.15, 0.2) is 0 Å². The minimum atomic E-state index is -0.425. The summed E-state index contributed by atoms with van der Waals surface area (Å²) in [6.07, 6.45) is 0. The molecule has 0 aromatic heterocycles. The van der Waals surface area contributed by atoms with E-state index in [1.165, 1.54) is 14.2 Å². The second kappa shape index (κ2) is 8.21. The van der Waals surface area contributed by atoms with Crippen molar-refractivity contribution in [1.82, 2.24) is 0 Å². The van der Waals surface area contributed by atoms with E-state index in [9.17, 15) is 9.59 Å². The summed E-state index contributed by atoms with van der Waals surface area (Å²) in [5.41, 5.74) is 1.71. The lowest BCUT2D eigenvalue weighted by Crippen LogP contribution is -2.21. The molecule has 0 heterocycles. The summed E-state index contributed by atoms with van der Waals surface area (Å²) in [4.78, 5) is 23.3. The zero-order valence-corrected chi connectivity index (χ0v) is 14.0. The van der Waals surface area contributed by atoms with E-state index in [1.807, 2.05) is 0 Å². The second-order valence-corrected chi connectivity index (χ2v) is 5.23. The lowest BCUT2D eigenvalue weighted by molar-refractivity contribution is -0.114. The van der Waals surface area contributed by atoms with Crippen LogP contribution in [-0.2, 0) is 9.53 Å². The van der Waals surface area contributed by atoms with Crippen LogP contribution in [0.5, 0.6) is 5.75 Å². The van der Waals surface area contributed by atoms with Crippen molar-refractivity contribution in [2.24, 2.45) is 0 Å². The van der Waals surface area contributed by atoms with Crippen molar-refractivity contribution in [3.05, 3.63) is 53.1 Å². The molecule has 0 aliphatic rings. The second-order valence-electron chi connectivity index (χ2n) is 4.82. The van der Waals surface area contributed by atoms with Crippen LogP contribution in [0.4, 0.5) is 11.4 Å². The Kier molecular flexibility index (Phi) is 6.03. The van der Waals surface area contributed by atoms with Crippen LogP contribution < -0.4 is 15.4 Å². The van der Waals surface area contributed by atoms with Crippen molar-refractivity contribution in [3.8, 4) is 5.75 Å². The van der Waals surface area contributed by atoms with E-state index >= 15 is 0 Å². The van der Waals surface area contributed by atoms with Crippen LogP contribution in [0.15, 0.2) is 42.5 Å². The predicted octanol–water partition coefficient (Wildman–Crippen LogP) is 3.19. The van der Waals surface area contributed by atoms with Gasteiger partial charge in [-0.25, -0.2) is 4.79 Å². The third kappa shape index (κ3) is 4.63. The molecule has 1 amide bonds. The normalized spacial score (nSPS) is 9.96. The Bertz CT molecular complexity index is 732. The predicted molar refractivity (Wildman–Crippen MR) is 92.9 cm³/mol. The molecule has 0 saturated carbocycles. The number of nitrogens with one attached hydrogen (secondary N) is 2. The number of amides is 1.